The topological polar surface area (TPSA) is 76.1 Å². The van der Waals surface area contributed by atoms with Gasteiger partial charge in [0.25, 0.3) is 0 Å². The lowest BCUT2D eigenvalue weighted by Gasteiger charge is -2.47. The van der Waals surface area contributed by atoms with E-state index in [0.29, 0.717) is 18.7 Å². The van der Waals surface area contributed by atoms with Crippen molar-refractivity contribution in [1.29, 1.82) is 0 Å². The van der Waals surface area contributed by atoms with Gasteiger partial charge in [0.05, 0.1) is 22.4 Å². The molecule has 1 N–H and O–H groups in total. The molecule has 0 aliphatic carbocycles. The van der Waals surface area contributed by atoms with Gasteiger partial charge in [0.15, 0.2) is 9.84 Å². The van der Waals surface area contributed by atoms with Gasteiger partial charge in [-0.05, 0) is 51.5 Å². The summed E-state index contributed by atoms with van der Waals surface area (Å²) < 4.78 is 37.5. The molecule has 2 aromatic carbocycles. The fourth-order valence-electron chi connectivity index (χ4n) is 4.81. The van der Waals surface area contributed by atoms with Gasteiger partial charge in [-0.25, -0.2) is 8.42 Å². The minimum Gasteiger partial charge on any atom is -0.487 e. The van der Waals surface area contributed by atoms with Crippen LogP contribution in [0, 0.1) is 0 Å². The number of piperidine rings is 1. The molecule has 7 heteroatoms. The van der Waals surface area contributed by atoms with E-state index in [2.05, 4.69) is 19.9 Å². The van der Waals surface area contributed by atoms with Crippen molar-refractivity contribution in [2.75, 3.05) is 13.1 Å². The molecule has 0 aromatic heterocycles. The Bertz CT molecular complexity index is 1060. The number of rotatable bonds is 6. The van der Waals surface area contributed by atoms with Gasteiger partial charge in [0.2, 0.25) is 0 Å². The van der Waals surface area contributed by atoms with Gasteiger partial charge in [-0.15, -0.1) is 0 Å². The van der Waals surface area contributed by atoms with Gasteiger partial charge < -0.3 is 14.6 Å². The third-order valence-corrected chi connectivity index (χ3v) is 8.94. The first-order valence-electron chi connectivity index (χ1n) is 11.8. The molecule has 0 bridgehead atoms. The summed E-state index contributed by atoms with van der Waals surface area (Å²) in [5.74, 6) is 0.894. The molecule has 1 spiro atoms. The summed E-state index contributed by atoms with van der Waals surface area (Å²) in [5.41, 5.74) is 1.50. The van der Waals surface area contributed by atoms with Crippen LogP contribution < -0.4 is 4.74 Å². The number of aliphatic hydroxyl groups excluding tert-OH is 1. The van der Waals surface area contributed by atoms with Crippen molar-refractivity contribution >= 4 is 9.84 Å². The molecule has 0 radical (unpaired) electrons. The van der Waals surface area contributed by atoms with E-state index in [9.17, 15) is 13.5 Å². The van der Waals surface area contributed by atoms with Crippen molar-refractivity contribution < 1.29 is 23.0 Å². The van der Waals surface area contributed by atoms with E-state index in [1.807, 2.05) is 23.1 Å². The number of hydrogen-bond acceptors (Lipinski definition) is 6. The molecule has 2 aromatic rings. The van der Waals surface area contributed by atoms with E-state index in [0.717, 1.165) is 30.6 Å². The summed E-state index contributed by atoms with van der Waals surface area (Å²) in [4.78, 5) is 2.32. The Hall–Kier alpha value is -1.93. The van der Waals surface area contributed by atoms with Crippen molar-refractivity contribution in [1.82, 2.24) is 4.90 Å². The van der Waals surface area contributed by atoms with Crippen LogP contribution >= 0.6 is 0 Å². The van der Waals surface area contributed by atoms with Crippen LogP contribution in [0.25, 0.3) is 0 Å². The molecule has 6 nitrogen and oxygen atoms in total. The molecule has 2 heterocycles. The quantitative estimate of drug-likeness (QED) is 0.659. The monoisotopic (exact) mass is 473 g/mol. The average molecular weight is 474 g/mol. The first-order valence-corrected chi connectivity index (χ1v) is 13.4. The number of para-hydroxylation sites is 1. The Balaban J connectivity index is 1.45. The second kappa shape index (κ2) is 9.37. The number of ether oxygens (including phenoxy) is 2. The van der Waals surface area contributed by atoms with Gasteiger partial charge in [0, 0.05) is 37.9 Å². The SMILES string of the molecule is CC(C)OC1CC2(CCN(C(O)c3ccc(S(=O)(=O)C(C)C)cc3)CC2)Oc2ccccc21. The zero-order valence-electron chi connectivity index (χ0n) is 19.9. The predicted molar refractivity (Wildman–Crippen MR) is 128 cm³/mol. The molecule has 0 amide bonds. The minimum atomic E-state index is -3.32. The lowest BCUT2D eigenvalue weighted by atomic mass is 9.81. The number of nitrogens with zero attached hydrogens (tertiary/aromatic N) is 1. The van der Waals surface area contributed by atoms with Gasteiger partial charge in [0.1, 0.15) is 17.6 Å². The zero-order chi connectivity index (χ0) is 23.8. The maximum Gasteiger partial charge on any atom is 0.180 e. The van der Waals surface area contributed by atoms with Crippen LogP contribution in [-0.2, 0) is 14.6 Å². The Morgan fingerprint density at radius 1 is 1.03 bits per heavy atom. The first-order chi connectivity index (χ1) is 15.6. The molecule has 33 heavy (non-hydrogen) atoms. The summed E-state index contributed by atoms with van der Waals surface area (Å²) >= 11 is 0. The van der Waals surface area contributed by atoms with E-state index in [1.54, 1.807) is 38.1 Å². The molecule has 4 rings (SSSR count). The number of aliphatic hydroxyl groups is 1. The maximum atomic E-state index is 12.4. The Morgan fingerprint density at radius 3 is 2.27 bits per heavy atom. The minimum absolute atomic E-state index is 0.00174. The molecule has 180 valence electrons. The molecular weight excluding hydrogens is 438 g/mol. The highest BCUT2D eigenvalue weighted by Crippen LogP contribution is 2.46. The third-order valence-electron chi connectivity index (χ3n) is 6.77. The van der Waals surface area contributed by atoms with Crippen molar-refractivity contribution in [2.24, 2.45) is 0 Å². The van der Waals surface area contributed by atoms with Crippen LogP contribution in [0.5, 0.6) is 5.75 Å². The van der Waals surface area contributed by atoms with Crippen molar-refractivity contribution in [3.05, 3.63) is 59.7 Å². The molecule has 2 atom stereocenters. The highest BCUT2D eigenvalue weighted by molar-refractivity contribution is 7.92. The highest BCUT2D eigenvalue weighted by Gasteiger charge is 2.44. The maximum absolute atomic E-state index is 12.4. The number of sulfone groups is 1. The molecular formula is C26H35NO5S. The van der Waals surface area contributed by atoms with E-state index in [1.165, 1.54) is 0 Å². The van der Waals surface area contributed by atoms with Crippen LogP contribution in [0.3, 0.4) is 0 Å². The lowest BCUT2D eigenvalue weighted by Crippen LogP contribution is -2.51. The van der Waals surface area contributed by atoms with Crippen molar-refractivity contribution in [3.8, 4) is 5.75 Å². The lowest BCUT2D eigenvalue weighted by molar-refractivity contribution is -0.109. The van der Waals surface area contributed by atoms with E-state index < -0.39 is 21.3 Å². The number of hydrogen-bond donors (Lipinski definition) is 1. The summed E-state index contributed by atoms with van der Waals surface area (Å²) in [6, 6.07) is 14.7. The highest BCUT2D eigenvalue weighted by atomic mass is 32.2. The largest absolute Gasteiger partial charge is 0.487 e. The van der Waals surface area contributed by atoms with Crippen LogP contribution in [0.15, 0.2) is 53.4 Å². The van der Waals surface area contributed by atoms with Gasteiger partial charge in [-0.2, -0.15) is 0 Å². The number of benzene rings is 2. The number of fused-ring (bicyclic) bond motifs is 1. The predicted octanol–water partition coefficient (Wildman–Crippen LogP) is 4.64. The van der Waals surface area contributed by atoms with E-state index >= 15 is 0 Å². The molecule has 2 aliphatic rings. The smallest absolute Gasteiger partial charge is 0.180 e. The van der Waals surface area contributed by atoms with Gasteiger partial charge in [-0.3, -0.25) is 4.90 Å². The Kier molecular flexibility index (Phi) is 6.87. The molecule has 2 aliphatic heterocycles. The van der Waals surface area contributed by atoms with Crippen LogP contribution in [-0.4, -0.2) is 48.5 Å². The fourth-order valence-corrected chi connectivity index (χ4v) is 5.87. The zero-order valence-corrected chi connectivity index (χ0v) is 20.7. The molecule has 1 saturated heterocycles. The van der Waals surface area contributed by atoms with Gasteiger partial charge in [-0.1, -0.05) is 30.3 Å². The Labute approximate surface area is 197 Å². The summed E-state index contributed by atoms with van der Waals surface area (Å²) in [7, 11) is -3.32. The molecule has 0 saturated carbocycles. The summed E-state index contributed by atoms with van der Waals surface area (Å²) in [6.07, 6.45) is 1.72. The second-order valence-electron chi connectivity index (χ2n) is 9.77. The third kappa shape index (κ3) is 4.97. The van der Waals surface area contributed by atoms with Crippen molar-refractivity contribution in [2.45, 2.75) is 81.1 Å². The number of likely N-dealkylation sites (tertiary alicyclic amines) is 1. The first kappa shape index (κ1) is 24.2. The normalized spacial score (nSPS) is 21.7. The Morgan fingerprint density at radius 2 is 1.67 bits per heavy atom. The molecule has 1 fully saturated rings. The summed E-state index contributed by atoms with van der Waals surface area (Å²) in [6.45, 7) is 8.82. The van der Waals surface area contributed by atoms with E-state index in [4.69, 9.17) is 9.47 Å². The molecule has 2 unspecified atom stereocenters. The van der Waals surface area contributed by atoms with Crippen LogP contribution in [0.2, 0.25) is 0 Å². The second-order valence-corrected chi connectivity index (χ2v) is 12.3. The standard InChI is InChI=1S/C26H35NO5S/c1-18(2)31-24-17-26(32-23-8-6-5-7-22(23)24)13-15-27(16-14-26)25(28)20-9-11-21(12-10-20)33(29,30)19(3)4/h5-12,18-19,24-25,28H,13-17H2,1-4H3. The van der Waals surface area contributed by atoms with Crippen molar-refractivity contribution in [3.63, 3.8) is 0 Å². The van der Waals surface area contributed by atoms with E-state index in [-0.39, 0.29) is 22.7 Å². The van der Waals surface area contributed by atoms with Gasteiger partial charge >= 0.3 is 0 Å². The van der Waals surface area contributed by atoms with Crippen LogP contribution in [0.4, 0.5) is 0 Å². The summed E-state index contributed by atoms with van der Waals surface area (Å²) in [5, 5.41) is 10.5. The van der Waals surface area contributed by atoms with Crippen LogP contribution in [0.1, 0.15) is 70.4 Å². The average Bonchev–Trinajstić information content (AvgIpc) is 2.79. The fraction of sp³-hybridized carbons (Fsp3) is 0.538.